The molecule has 4 aromatic rings. The van der Waals surface area contributed by atoms with Crippen molar-refractivity contribution in [3.05, 3.63) is 116 Å². The third-order valence-corrected chi connectivity index (χ3v) is 34.5. The van der Waals surface area contributed by atoms with Gasteiger partial charge in [-0.15, -0.1) is 0 Å². The molecule has 0 radical (unpaired) electrons. The number of rotatable bonds is 7. The molecule has 2 unspecified atom stereocenters. The largest absolute Gasteiger partial charge is 1.00 e. The molecule has 0 fully saturated rings. The second-order valence-corrected chi connectivity index (χ2v) is 41.2. The Hall–Kier alpha value is -2.36. The summed E-state index contributed by atoms with van der Waals surface area (Å²) in [6.07, 6.45) is 5.16. The molecule has 0 N–H and O–H groups in total. The van der Waals surface area contributed by atoms with Crippen molar-refractivity contribution in [2.24, 2.45) is 0 Å². The van der Waals surface area contributed by atoms with E-state index in [0.717, 1.165) is 11.5 Å². The zero-order valence-corrected chi connectivity index (χ0v) is 43.9. The molecule has 0 saturated carbocycles. The van der Waals surface area contributed by atoms with Gasteiger partial charge in [0.15, 0.2) is 0 Å². The maximum atomic E-state index is 6.18. The molecule has 6 rings (SSSR count). The molecule has 0 aliphatic heterocycles. The van der Waals surface area contributed by atoms with E-state index in [4.69, 9.17) is 9.47 Å². The van der Waals surface area contributed by atoms with E-state index in [1.807, 2.05) is 14.2 Å². The van der Waals surface area contributed by atoms with E-state index < -0.39 is 26.8 Å². The van der Waals surface area contributed by atoms with Crippen LogP contribution in [0.25, 0.3) is 34.4 Å². The Labute approximate surface area is 373 Å². The van der Waals surface area contributed by atoms with Crippen LogP contribution in [0.1, 0.15) is 149 Å². The number of hydrogen-bond acceptors (Lipinski definition) is 2. The first-order valence-electron chi connectivity index (χ1n) is 20.9. The Bertz CT molecular complexity index is 2010. The van der Waals surface area contributed by atoms with Gasteiger partial charge >= 0.3 is 352 Å². The number of allylic oxidation sites excluding steroid dienone is 2. The fourth-order valence-corrected chi connectivity index (χ4v) is 32.8. The van der Waals surface area contributed by atoms with Gasteiger partial charge < -0.3 is 24.8 Å². The minimum Gasteiger partial charge on any atom is -1.00 e. The van der Waals surface area contributed by atoms with Crippen LogP contribution >= 0.6 is 0 Å². The topological polar surface area (TPSA) is 18.5 Å². The summed E-state index contributed by atoms with van der Waals surface area (Å²) in [6.45, 7) is 38.0. The first kappa shape index (κ1) is 48.3. The molecule has 4 aromatic carbocycles. The Kier molecular flexibility index (Phi) is 14.3. The van der Waals surface area contributed by atoms with Crippen molar-refractivity contribution in [3.8, 4) is 33.8 Å². The zero-order valence-electron chi connectivity index (χ0n) is 38.7. The second kappa shape index (κ2) is 17.2. The van der Waals surface area contributed by atoms with Crippen LogP contribution in [-0.2, 0) is 42.6 Å². The van der Waals surface area contributed by atoms with Gasteiger partial charge in [-0.05, 0) is 0 Å². The van der Waals surface area contributed by atoms with Crippen molar-refractivity contribution in [1.82, 2.24) is 0 Å². The van der Waals surface area contributed by atoms with Gasteiger partial charge in [-0.25, -0.2) is 0 Å². The third kappa shape index (κ3) is 8.84. The molecular formula is C52H69Cl2O2SiZr. The average molecular weight is 916 g/mol. The van der Waals surface area contributed by atoms with Crippen molar-refractivity contribution in [2.75, 3.05) is 14.2 Å². The Morgan fingerprint density at radius 1 is 0.500 bits per heavy atom. The molecule has 0 amide bonds. The van der Waals surface area contributed by atoms with Crippen molar-refractivity contribution >= 4 is 18.1 Å². The number of hydrogen-bond donors (Lipinski definition) is 0. The Balaban J connectivity index is 0.00000372. The van der Waals surface area contributed by atoms with Crippen LogP contribution in [0.3, 0.4) is 0 Å². The van der Waals surface area contributed by atoms with Crippen LogP contribution in [0.4, 0.5) is 0 Å². The average Bonchev–Trinajstić information content (AvgIpc) is 3.60. The Morgan fingerprint density at radius 2 is 0.793 bits per heavy atom. The predicted octanol–water partition coefficient (Wildman–Crippen LogP) is 8.45. The molecule has 2 atom stereocenters. The monoisotopic (exact) mass is 913 g/mol. The summed E-state index contributed by atoms with van der Waals surface area (Å²) in [5.74, 6) is 1.04. The fourth-order valence-electron chi connectivity index (χ4n) is 9.56. The molecule has 58 heavy (non-hydrogen) atoms. The molecule has 2 aliphatic rings. The number of methoxy groups -OCH3 is 2. The van der Waals surface area contributed by atoms with Crippen LogP contribution < -0.4 is 34.3 Å². The maximum absolute atomic E-state index is 6.18. The van der Waals surface area contributed by atoms with E-state index in [2.05, 4.69) is 183 Å². The third-order valence-electron chi connectivity index (χ3n) is 12.3. The number of fused-ring (bicyclic) bond motifs is 2. The van der Waals surface area contributed by atoms with Gasteiger partial charge in [-0.3, -0.25) is 0 Å². The fraction of sp³-hybridized carbons (Fsp3) is 0.462. The molecule has 6 heteroatoms. The molecule has 2 aliphatic carbocycles. The number of ether oxygens (including phenoxy) is 2. The van der Waals surface area contributed by atoms with E-state index in [-0.39, 0.29) is 46.5 Å². The van der Waals surface area contributed by atoms with E-state index >= 15 is 0 Å². The number of halogens is 2. The predicted molar refractivity (Wildman–Crippen MR) is 243 cm³/mol. The van der Waals surface area contributed by atoms with E-state index in [0.29, 0.717) is 7.25 Å². The van der Waals surface area contributed by atoms with Gasteiger partial charge in [0.2, 0.25) is 0 Å². The van der Waals surface area contributed by atoms with Gasteiger partial charge in [-0.2, -0.15) is 0 Å². The van der Waals surface area contributed by atoms with Crippen LogP contribution in [0.5, 0.6) is 11.5 Å². The first-order chi connectivity index (χ1) is 25.9. The van der Waals surface area contributed by atoms with Gasteiger partial charge in [0, 0.05) is 0 Å². The number of benzene rings is 4. The van der Waals surface area contributed by atoms with Crippen molar-refractivity contribution in [3.63, 3.8) is 0 Å². The van der Waals surface area contributed by atoms with Gasteiger partial charge in [0.25, 0.3) is 0 Å². The molecule has 0 bridgehead atoms. The molecule has 0 heterocycles. The summed E-state index contributed by atoms with van der Waals surface area (Å²) in [6, 6.07) is 24.1. The van der Waals surface area contributed by atoms with Gasteiger partial charge in [0.1, 0.15) is 0 Å². The van der Waals surface area contributed by atoms with Crippen LogP contribution in [0.2, 0.25) is 13.1 Å². The van der Waals surface area contributed by atoms with Gasteiger partial charge in [-0.1, -0.05) is 0 Å². The smallest absolute Gasteiger partial charge is 1.00 e. The molecule has 0 saturated heterocycles. The molecule has 0 aromatic heterocycles. The summed E-state index contributed by atoms with van der Waals surface area (Å²) in [5, 5.41) is 0. The quantitative estimate of drug-likeness (QED) is 0.174. The molecule has 311 valence electrons. The minimum atomic E-state index is -2.27. The maximum Gasteiger partial charge on any atom is -1.00 e. The van der Waals surface area contributed by atoms with E-state index in [1.54, 1.807) is 22.3 Å². The Morgan fingerprint density at radius 3 is 1.03 bits per heavy atom. The normalized spacial score (nSPS) is 16.5. The summed E-state index contributed by atoms with van der Waals surface area (Å²) in [7, 11) is 3.67. The second-order valence-electron chi connectivity index (χ2n) is 21.1. The van der Waals surface area contributed by atoms with E-state index in [9.17, 15) is 0 Å². The van der Waals surface area contributed by atoms with Crippen LogP contribution in [0.15, 0.2) is 71.8 Å². The van der Waals surface area contributed by atoms with Gasteiger partial charge in [0.05, 0.1) is 0 Å². The first-order valence-corrected chi connectivity index (χ1v) is 30.8. The standard InChI is InChI=1S/2C25H31O.C2H7Si.2ClH.Zr/c2*1-16-12-17-10-9-11-19(20(17)13-16)18-14-21(24(2,3)4)23(26-8)22(15-18)25(5,6)7;1-3-2;;;/h2*9-15H,1-8H3;3H,1-2H3;2*1H;/q;;;;;+2/p-2. The van der Waals surface area contributed by atoms with E-state index in [1.165, 1.54) is 55.6 Å². The summed E-state index contributed by atoms with van der Waals surface area (Å²) in [5.41, 5.74) is 19.5. The van der Waals surface area contributed by atoms with Crippen molar-refractivity contribution in [1.29, 1.82) is 0 Å². The molecule has 0 spiro atoms. The minimum absolute atomic E-state index is 0. The van der Waals surface area contributed by atoms with Crippen LogP contribution in [-0.4, -0.2) is 20.1 Å². The van der Waals surface area contributed by atoms with Crippen LogP contribution in [0, 0.1) is 0 Å². The molecule has 2 nitrogen and oxygen atoms in total. The zero-order chi connectivity index (χ0) is 41.4. The summed E-state index contributed by atoms with van der Waals surface area (Å²) in [4.78, 5) is 0. The van der Waals surface area contributed by atoms with Crippen molar-refractivity contribution in [2.45, 2.75) is 139 Å². The summed E-state index contributed by atoms with van der Waals surface area (Å²) >= 11 is -2.27. The summed E-state index contributed by atoms with van der Waals surface area (Å²) < 4.78 is 13.5. The molecular weight excluding hydrogens is 847 g/mol. The SMILES string of the molecule is COc1c(C(C)(C)C)cc(-c2cccc3c2C=C(C)[CH]3[Zr+2]([CH]2C(C)=Cc3c(-c4cc(C(C)(C)C)c(OC)c(C(C)(C)C)c4)cccc32)[SiH](C)C)cc1C(C)(C)C.[Cl-].[Cl-]. The van der Waals surface area contributed by atoms with Crippen molar-refractivity contribution < 1.29 is 55.2 Å².